The number of nitrogens with one attached hydrogen (secondary N) is 2. The van der Waals surface area contributed by atoms with Gasteiger partial charge in [-0.2, -0.15) is 0 Å². The Kier molecular flexibility index (Phi) is 5.35. The van der Waals surface area contributed by atoms with E-state index in [1.54, 1.807) is 13.2 Å². The first-order valence-corrected chi connectivity index (χ1v) is 9.72. The number of anilines is 1. The molecule has 1 heterocycles. The molecule has 1 aromatic heterocycles. The zero-order valence-corrected chi connectivity index (χ0v) is 17.2. The van der Waals surface area contributed by atoms with Gasteiger partial charge in [0.15, 0.2) is 0 Å². The highest BCUT2D eigenvalue weighted by Crippen LogP contribution is 2.24. The average Bonchev–Trinajstić information content (AvgIpc) is 3.16. The number of benzene rings is 3. The van der Waals surface area contributed by atoms with Crippen LogP contribution >= 0.6 is 0 Å². The fourth-order valence-electron chi connectivity index (χ4n) is 3.22. The first-order valence-electron chi connectivity index (χ1n) is 9.72. The predicted octanol–water partition coefficient (Wildman–Crippen LogP) is 5.51. The van der Waals surface area contributed by atoms with Crippen molar-refractivity contribution in [1.29, 1.82) is 0 Å². The average molecular weight is 397 g/mol. The number of aromatic amines is 1. The van der Waals surface area contributed by atoms with Crippen molar-refractivity contribution in [2.75, 3.05) is 12.4 Å². The van der Waals surface area contributed by atoms with Crippen molar-refractivity contribution in [2.24, 2.45) is 0 Å². The number of fused-ring (bicyclic) bond motifs is 1. The third-order valence-electron chi connectivity index (χ3n) is 5.04. The minimum Gasteiger partial charge on any atom is -0.497 e. The van der Waals surface area contributed by atoms with Crippen molar-refractivity contribution >= 4 is 28.7 Å². The Morgan fingerprint density at radius 3 is 2.57 bits per heavy atom. The minimum atomic E-state index is -0.194. The summed E-state index contributed by atoms with van der Waals surface area (Å²) in [6.45, 7) is 4.18. The highest BCUT2D eigenvalue weighted by Gasteiger charge is 2.07. The van der Waals surface area contributed by atoms with E-state index in [-0.39, 0.29) is 5.91 Å². The number of methoxy groups -OCH3 is 1. The Bertz CT molecular complexity index is 1200. The Balaban J connectivity index is 1.45. The number of imidazole rings is 1. The van der Waals surface area contributed by atoms with Crippen molar-refractivity contribution in [3.8, 4) is 17.1 Å². The van der Waals surface area contributed by atoms with Crippen LogP contribution < -0.4 is 10.1 Å². The number of ether oxygens (including phenoxy) is 1. The molecular weight excluding hydrogens is 374 g/mol. The maximum atomic E-state index is 12.2. The Morgan fingerprint density at radius 2 is 1.80 bits per heavy atom. The number of aryl methyl sites for hydroxylation is 2. The topological polar surface area (TPSA) is 67.0 Å². The molecule has 0 atom stereocenters. The summed E-state index contributed by atoms with van der Waals surface area (Å²) in [4.78, 5) is 20.3. The second kappa shape index (κ2) is 8.25. The molecule has 0 aliphatic heterocycles. The van der Waals surface area contributed by atoms with Gasteiger partial charge in [0.1, 0.15) is 11.6 Å². The van der Waals surface area contributed by atoms with Gasteiger partial charge in [0, 0.05) is 17.3 Å². The number of nitrogens with zero attached hydrogens (tertiary/aromatic N) is 1. The van der Waals surface area contributed by atoms with Gasteiger partial charge in [0.2, 0.25) is 5.91 Å². The molecule has 3 aromatic carbocycles. The molecule has 4 rings (SSSR count). The van der Waals surface area contributed by atoms with E-state index in [2.05, 4.69) is 41.3 Å². The highest BCUT2D eigenvalue weighted by atomic mass is 16.5. The first kappa shape index (κ1) is 19.5. The van der Waals surface area contributed by atoms with Crippen molar-refractivity contribution < 1.29 is 9.53 Å². The van der Waals surface area contributed by atoms with E-state index in [4.69, 9.17) is 4.74 Å². The standard InChI is InChI=1S/C25H23N3O2/c1-16-13-22-23(14-17(16)2)28-25(27-22)19-8-10-20(11-9-19)26-24(29)12-7-18-5-4-6-21(15-18)30-3/h4-15H,1-3H3,(H,26,29)(H,27,28)/b12-7+. The molecule has 4 aromatic rings. The van der Waals surface area contributed by atoms with Crippen LogP contribution in [0.1, 0.15) is 16.7 Å². The van der Waals surface area contributed by atoms with Crippen LogP contribution in [0.15, 0.2) is 66.7 Å². The van der Waals surface area contributed by atoms with Gasteiger partial charge in [-0.15, -0.1) is 0 Å². The van der Waals surface area contributed by atoms with Crippen molar-refractivity contribution in [3.05, 3.63) is 83.4 Å². The van der Waals surface area contributed by atoms with Crippen LogP contribution in [-0.4, -0.2) is 23.0 Å². The van der Waals surface area contributed by atoms with Crippen molar-refractivity contribution in [3.63, 3.8) is 0 Å². The fourth-order valence-corrected chi connectivity index (χ4v) is 3.22. The second-order valence-corrected chi connectivity index (χ2v) is 7.22. The van der Waals surface area contributed by atoms with Crippen molar-refractivity contribution in [1.82, 2.24) is 9.97 Å². The lowest BCUT2D eigenvalue weighted by Gasteiger charge is -2.04. The van der Waals surface area contributed by atoms with E-state index in [1.807, 2.05) is 48.5 Å². The van der Waals surface area contributed by atoms with Gasteiger partial charge in [0.05, 0.1) is 18.1 Å². The molecule has 0 saturated carbocycles. The van der Waals surface area contributed by atoms with Gasteiger partial charge in [-0.1, -0.05) is 12.1 Å². The van der Waals surface area contributed by atoms with Crippen LogP contribution in [0.2, 0.25) is 0 Å². The number of aromatic nitrogens is 2. The molecule has 1 amide bonds. The molecule has 0 unspecified atom stereocenters. The summed E-state index contributed by atoms with van der Waals surface area (Å²) in [5.74, 6) is 1.37. The minimum absolute atomic E-state index is 0.194. The normalized spacial score (nSPS) is 11.2. The molecular formula is C25H23N3O2. The Labute approximate surface area is 175 Å². The molecule has 0 aliphatic carbocycles. The van der Waals surface area contributed by atoms with E-state index in [9.17, 15) is 4.79 Å². The lowest BCUT2D eigenvalue weighted by molar-refractivity contribution is -0.111. The number of carbonyl (C=O) groups excluding carboxylic acids is 1. The summed E-state index contributed by atoms with van der Waals surface area (Å²) in [5, 5.41) is 2.87. The van der Waals surface area contributed by atoms with Gasteiger partial charge in [-0.25, -0.2) is 4.98 Å². The molecule has 0 spiro atoms. The molecule has 0 bridgehead atoms. The Hall–Kier alpha value is -3.86. The zero-order chi connectivity index (χ0) is 21.1. The number of hydrogen-bond acceptors (Lipinski definition) is 3. The van der Waals surface area contributed by atoms with E-state index in [0.717, 1.165) is 39.4 Å². The molecule has 2 N–H and O–H groups in total. The molecule has 0 fully saturated rings. The van der Waals surface area contributed by atoms with Crippen molar-refractivity contribution in [2.45, 2.75) is 13.8 Å². The number of amides is 1. The molecule has 5 nitrogen and oxygen atoms in total. The van der Waals surface area contributed by atoms with E-state index < -0.39 is 0 Å². The fraction of sp³-hybridized carbons (Fsp3) is 0.120. The summed E-state index contributed by atoms with van der Waals surface area (Å²) in [7, 11) is 1.62. The quantitative estimate of drug-likeness (QED) is 0.437. The van der Waals surface area contributed by atoms with E-state index >= 15 is 0 Å². The van der Waals surface area contributed by atoms with Crippen LogP contribution in [-0.2, 0) is 4.79 Å². The zero-order valence-electron chi connectivity index (χ0n) is 17.2. The molecule has 0 aliphatic rings. The van der Waals surface area contributed by atoms with Gasteiger partial charge in [-0.05, 0) is 85.1 Å². The molecule has 0 radical (unpaired) electrons. The molecule has 0 saturated heterocycles. The summed E-state index contributed by atoms with van der Waals surface area (Å²) in [6, 6.07) is 19.4. The van der Waals surface area contributed by atoms with Crippen LogP contribution in [0.4, 0.5) is 5.69 Å². The highest BCUT2D eigenvalue weighted by molar-refractivity contribution is 6.02. The second-order valence-electron chi connectivity index (χ2n) is 7.22. The lowest BCUT2D eigenvalue weighted by Crippen LogP contribution is -2.07. The number of hydrogen-bond donors (Lipinski definition) is 2. The smallest absolute Gasteiger partial charge is 0.248 e. The van der Waals surface area contributed by atoms with Crippen LogP contribution in [0.3, 0.4) is 0 Å². The van der Waals surface area contributed by atoms with Gasteiger partial charge < -0.3 is 15.0 Å². The molecule has 30 heavy (non-hydrogen) atoms. The summed E-state index contributed by atoms with van der Waals surface area (Å²) >= 11 is 0. The van der Waals surface area contributed by atoms with Gasteiger partial charge >= 0.3 is 0 Å². The lowest BCUT2D eigenvalue weighted by atomic mass is 10.1. The predicted molar refractivity (Wildman–Crippen MR) is 122 cm³/mol. The summed E-state index contributed by atoms with van der Waals surface area (Å²) < 4.78 is 5.19. The number of carbonyl (C=O) groups is 1. The van der Waals surface area contributed by atoms with Crippen LogP contribution in [0.5, 0.6) is 5.75 Å². The maximum Gasteiger partial charge on any atom is 0.248 e. The van der Waals surface area contributed by atoms with Crippen LogP contribution in [0, 0.1) is 13.8 Å². The van der Waals surface area contributed by atoms with E-state index in [1.165, 1.54) is 17.2 Å². The summed E-state index contributed by atoms with van der Waals surface area (Å²) in [5.41, 5.74) is 7.02. The third kappa shape index (κ3) is 4.25. The van der Waals surface area contributed by atoms with E-state index in [0.29, 0.717) is 0 Å². The largest absolute Gasteiger partial charge is 0.497 e. The molecule has 150 valence electrons. The van der Waals surface area contributed by atoms with Gasteiger partial charge in [0.25, 0.3) is 0 Å². The SMILES string of the molecule is COc1cccc(/C=C/C(=O)Nc2ccc(-c3nc4cc(C)c(C)cc4[nH]3)cc2)c1. The summed E-state index contributed by atoms with van der Waals surface area (Å²) in [6.07, 6.45) is 3.26. The number of H-pyrrole nitrogens is 1. The monoisotopic (exact) mass is 397 g/mol. The molecule has 5 heteroatoms. The maximum absolute atomic E-state index is 12.2. The van der Waals surface area contributed by atoms with Gasteiger partial charge in [-0.3, -0.25) is 4.79 Å². The Morgan fingerprint density at radius 1 is 1.03 bits per heavy atom. The first-order chi connectivity index (χ1) is 14.5. The van der Waals surface area contributed by atoms with Crippen LogP contribution in [0.25, 0.3) is 28.5 Å². The number of rotatable bonds is 5. The third-order valence-corrected chi connectivity index (χ3v) is 5.04.